The van der Waals surface area contributed by atoms with Crippen molar-refractivity contribution < 1.29 is 0 Å². The Morgan fingerprint density at radius 3 is 1.96 bits per heavy atom. The molecule has 0 radical (unpaired) electrons. The van der Waals surface area contributed by atoms with Crippen LogP contribution >= 0.6 is 15.9 Å². The molecule has 0 amide bonds. The Bertz CT molecular complexity index is 966. The van der Waals surface area contributed by atoms with Gasteiger partial charge in [-0.2, -0.15) is 10.2 Å². The maximum atomic E-state index is 4.53. The van der Waals surface area contributed by atoms with Gasteiger partial charge in [0.25, 0.3) is 0 Å². The standard InChI is InChI=1S/C21H15BrN4/c22-17-11-13-18(14-12-17)23-26-21-19(15-7-3-1-4-8-15)24-25-20(21)16-9-5-2-6-10-16/h1-14H,(H,24,25). The van der Waals surface area contributed by atoms with E-state index in [1.807, 2.05) is 84.9 Å². The molecule has 0 spiro atoms. The normalized spacial score (nSPS) is 11.1. The molecule has 1 N–H and O–H groups in total. The first kappa shape index (κ1) is 16.4. The third-order valence-electron chi connectivity index (χ3n) is 3.94. The van der Waals surface area contributed by atoms with Crippen LogP contribution in [0.5, 0.6) is 0 Å². The molecular weight excluding hydrogens is 388 g/mol. The first-order valence-electron chi connectivity index (χ1n) is 8.18. The van der Waals surface area contributed by atoms with Gasteiger partial charge >= 0.3 is 0 Å². The number of H-pyrrole nitrogens is 1. The molecule has 0 saturated heterocycles. The van der Waals surface area contributed by atoms with Gasteiger partial charge in [0.2, 0.25) is 0 Å². The lowest BCUT2D eigenvalue weighted by Crippen LogP contribution is -1.78. The van der Waals surface area contributed by atoms with Gasteiger partial charge in [-0.15, -0.1) is 5.11 Å². The van der Waals surface area contributed by atoms with Gasteiger partial charge in [0.15, 0.2) is 0 Å². The van der Waals surface area contributed by atoms with Crippen LogP contribution in [0.15, 0.2) is 99.6 Å². The van der Waals surface area contributed by atoms with Gasteiger partial charge in [0.05, 0.1) is 11.4 Å². The summed E-state index contributed by atoms with van der Waals surface area (Å²) >= 11 is 3.43. The molecule has 0 saturated carbocycles. The number of hydrogen-bond donors (Lipinski definition) is 1. The number of azo groups is 1. The summed E-state index contributed by atoms with van der Waals surface area (Å²) in [7, 11) is 0. The predicted octanol–water partition coefficient (Wildman–Crippen LogP) is 6.92. The molecule has 5 heteroatoms. The Morgan fingerprint density at radius 1 is 0.692 bits per heavy atom. The minimum absolute atomic E-state index is 0.727. The Hall–Kier alpha value is -3.05. The van der Waals surface area contributed by atoms with Gasteiger partial charge in [0, 0.05) is 15.6 Å². The lowest BCUT2D eigenvalue weighted by atomic mass is 10.1. The van der Waals surface area contributed by atoms with Crippen molar-refractivity contribution in [1.29, 1.82) is 0 Å². The average Bonchev–Trinajstić information content (AvgIpc) is 3.13. The van der Waals surface area contributed by atoms with E-state index in [9.17, 15) is 0 Å². The van der Waals surface area contributed by atoms with Gasteiger partial charge < -0.3 is 0 Å². The second-order valence-electron chi connectivity index (χ2n) is 5.70. The zero-order chi connectivity index (χ0) is 17.8. The molecule has 4 nitrogen and oxygen atoms in total. The summed E-state index contributed by atoms with van der Waals surface area (Å²) in [6, 6.07) is 27.7. The molecule has 3 aromatic carbocycles. The molecule has 26 heavy (non-hydrogen) atoms. The average molecular weight is 403 g/mol. The van der Waals surface area contributed by atoms with Crippen molar-refractivity contribution in [2.24, 2.45) is 10.2 Å². The summed E-state index contributed by atoms with van der Waals surface area (Å²) in [5.74, 6) is 0. The van der Waals surface area contributed by atoms with E-state index in [2.05, 4.69) is 36.4 Å². The molecule has 0 aliphatic carbocycles. The third-order valence-corrected chi connectivity index (χ3v) is 4.47. The highest BCUT2D eigenvalue weighted by atomic mass is 79.9. The molecule has 0 bridgehead atoms. The highest BCUT2D eigenvalue weighted by Crippen LogP contribution is 2.38. The van der Waals surface area contributed by atoms with Gasteiger partial charge in [-0.3, -0.25) is 5.10 Å². The zero-order valence-corrected chi connectivity index (χ0v) is 15.4. The van der Waals surface area contributed by atoms with E-state index in [0.717, 1.165) is 38.4 Å². The van der Waals surface area contributed by atoms with Crippen molar-refractivity contribution in [1.82, 2.24) is 10.2 Å². The maximum Gasteiger partial charge on any atom is 0.139 e. The summed E-state index contributed by atoms with van der Waals surface area (Å²) in [4.78, 5) is 0. The van der Waals surface area contributed by atoms with E-state index in [0.29, 0.717) is 0 Å². The van der Waals surface area contributed by atoms with Crippen LogP contribution in [-0.2, 0) is 0 Å². The SMILES string of the molecule is Brc1ccc(N=Nc2c(-c3ccccc3)n[nH]c2-c2ccccc2)cc1. The second-order valence-corrected chi connectivity index (χ2v) is 6.62. The number of nitrogens with zero attached hydrogens (tertiary/aromatic N) is 3. The smallest absolute Gasteiger partial charge is 0.139 e. The quantitative estimate of drug-likeness (QED) is 0.370. The fraction of sp³-hybridized carbons (Fsp3) is 0. The predicted molar refractivity (Wildman–Crippen MR) is 108 cm³/mol. The number of benzene rings is 3. The molecule has 1 heterocycles. The largest absolute Gasteiger partial charge is 0.275 e. The van der Waals surface area contributed by atoms with E-state index in [1.54, 1.807) is 0 Å². The number of halogens is 1. The summed E-state index contributed by atoms with van der Waals surface area (Å²) in [6.07, 6.45) is 0. The number of aromatic nitrogens is 2. The topological polar surface area (TPSA) is 53.4 Å². The molecular formula is C21H15BrN4. The first-order valence-corrected chi connectivity index (χ1v) is 8.97. The van der Waals surface area contributed by atoms with E-state index >= 15 is 0 Å². The Morgan fingerprint density at radius 2 is 1.31 bits per heavy atom. The fourth-order valence-corrected chi connectivity index (χ4v) is 2.92. The molecule has 0 unspecified atom stereocenters. The molecule has 126 valence electrons. The van der Waals surface area contributed by atoms with E-state index in [1.165, 1.54) is 0 Å². The minimum atomic E-state index is 0.727. The van der Waals surface area contributed by atoms with Crippen LogP contribution in [0.3, 0.4) is 0 Å². The van der Waals surface area contributed by atoms with Crippen LogP contribution in [0.1, 0.15) is 0 Å². The van der Waals surface area contributed by atoms with Crippen molar-refractivity contribution in [2.45, 2.75) is 0 Å². The van der Waals surface area contributed by atoms with Crippen LogP contribution in [0, 0.1) is 0 Å². The van der Waals surface area contributed by atoms with Gasteiger partial charge in [0.1, 0.15) is 11.4 Å². The number of aromatic amines is 1. The number of nitrogens with one attached hydrogen (secondary N) is 1. The molecule has 0 aliphatic rings. The molecule has 0 fully saturated rings. The lowest BCUT2D eigenvalue weighted by Gasteiger charge is -2.01. The minimum Gasteiger partial charge on any atom is -0.275 e. The summed E-state index contributed by atoms with van der Waals surface area (Å²) in [6.45, 7) is 0. The Labute approximate surface area is 159 Å². The highest BCUT2D eigenvalue weighted by Gasteiger charge is 2.16. The van der Waals surface area contributed by atoms with Crippen LogP contribution < -0.4 is 0 Å². The Balaban J connectivity index is 1.81. The van der Waals surface area contributed by atoms with Crippen LogP contribution in [-0.4, -0.2) is 10.2 Å². The lowest BCUT2D eigenvalue weighted by molar-refractivity contribution is 1.10. The van der Waals surface area contributed by atoms with Crippen LogP contribution in [0.4, 0.5) is 11.4 Å². The van der Waals surface area contributed by atoms with Crippen LogP contribution in [0.2, 0.25) is 0 Å². The second kappa shape index (κ2) is 7.45. The van der Waals surface area contributed by atoms with Crippen molar-refractivity contribution in [3.8, 4) is 22.5 Å². The van der Waals surface area contributed by atoms with E-state index in [-0.39, 0.29) is 0 Å². The molecule has 0 aliphatic heterocycles. The van der Waals surface area contributed by atoms with Gasteiger partial charge in [-0.05, 0) is 24.3 Å². The summed E-state index contributed by atoms with van der Waals surface area (Å²) < 4.78 is 1.01. The van der Waals surface area contributed by atoms with Crippen molar-refractivity contribution in [2.75, 3.05) is 0 Å². The molecule has 4 rings (SSSR count). The van der Waals surface area contributed by atoms with E-state index < -0.39 is 0 Å². The number of rotatable bonds is 4. The third kappa shape index (κ3) is 3.48. The first-order chi connectivity index (χ1) is 12.8. The fourth-order valence-electron chi connectivity index (χ4n) is 2.65. The van der Waals surface area contributed by atoms with Crippen LogP contribution in [0.25, 0.3) is 22.5 Å². The summed E-state index contributed by atoms with van der Waals surface area (Å²) in [5.41, 5.74) is 5.16. The van der Waals surface area contributed by atoms with Crippen molar-refractivity contribution >= 4 is 27.3 Å². The summed E-state index contributed by atoms with van der Waals surface area (Å²) in [5, 5.41) is 16.6. The van der Waals surface area contributed by atoms with Crippen molar-refractivity contribution in [3.63, 3.8) is 0 Å². The molecule has 1 aromatic heterocycles. The van der Waals surface area contributed by atoms with Gasteiger partial charge in [-0.25, -0.2) is 0 Å². The number of hydrogen-bond acceptors (Lipinski definition) is 3. The zero-order valence-electron chi connectivity index (χ0n) is 13.8. The van der Waals surface area contributed by atoms with Gasteiger partial charge in [-0.1, -0.05) is 76.6 Å². The molecule has 4 aromatic rings. The monoisotopic (exact) mass is 402 g/mol. The maximum absolute atomic E-state index is 4.53. The Kier molecular flexibility index (Phi) is 4.71. The van der Waals surface area contributed by atoms with Crippen molar-refractivity contribution in [3.05, 3.63) is 89.4 Å². The molecule has 0 atom stereocenters. The highest BCUT2D eigenvalue weighted by molar-refractivity contribution is 9.10. The van der Waals surface area contributed by atoms with E-state index in [4.69, 9.17) is 0 Å².